The Morgan fingerprint density at radius 3 is 2.02 bits per heavy atom. The van der Waals surface area contributed by atoms with Crippen molar-refractivity contribution in [3.63, 3.8) is 0 Å². The monoisotopic (exact) mass is 796 g/mol. The first-order valence-electron chi connectivity index (χ1n) is 19.8. The van der Waals surface area contributed by atoms with Crippen LogP contribution in [0, 0.1) is 0 Å². The number of aromatic hydroxyl groups is 6. The standard InChI is InChI=1S/C50H52O9/c1-9-28(8)16-30-18-37(42(53)22-40(30)51)49-34(36-21-43(54)46(56)33(48(36)58-49)15-12-27(6)7)19-31-20-35-39-24-57-44-23-41(52)29(13-10-25(2)3)17-38(44)50(39)59-47(35)32(45(31)55)14-11-26(4)5/h9-12,16-18,20-23,39,50-56H,1,13-15,19,24H2,2-8H3/b28-16+/t39-,50-/m0/s1. The summed E-state index contributed by atoms with van der Waals surface area (Å²) in [5.74, 6) is 0.295. The van der Waals surface area contributed by atoms with Crippen LogP contribution in [0.2, 0.25) is 0 Å². The second-order valence-corrected chi connectivity index (χ2v) is 16.4. The van der Waals surface area contributed by atoms with Crippen molar-refractivity contribution in [1.82, 2.24) is 0 Å². The van der Waals surface area contributed by atoms with Crippen LogP contribution < -0.4 is 9.47 Å². The second-order valence-electron chi connectivity index (χ2n) is 16.4. The summed E-state index contributed by atoms with van der Waals surface area (Å²) in [7, 11) is 0. The molecule has 59 heavy (non-hydrogen) atoms. The summed E-state index contributed by atoms with van der Waals surface area (Å²) in [6.07, 6.45) is 10.3. The van der Waals surface area contributed by atoms with Crippen LogP contribution in [-0.2, 0) is 25.7 Å². The van der Waals surface area contributed by atoms with Crippen LogP contribution in [0.25, 0.3) is 28.4 Å². The van der Waals surface area contributed by atoms with Gasteiger partial charge in [-0.25, -0.2) is 0 Å². The normalized spacial score (nSPS) is 15.4. The number of phenols is 6. The van der Waals surface area contributed by atoms with E-state index >= 15 is 0 Å². The molecule has 0 spiro atoms. The molecule has 4 aromatic carbocycles. The molecule has 0 aliphatic carbocycles. The molecule has 5 aromatic rings. The molecule has 7 rings (SSSR count). The Morgan fingerprint density at radius 1 is 0.678 bits per heavy atom. The van der Waals surface area contributed by atoms with Crippen LogP contribution in [-0.4, -0.2) is 37.2 Å². The van der Waals surface area contributed by atoms with Gasteiger partial charge in [-0.1, -0.05) is 53.2 Å². The van der Waals surface area contributed by atoms with Crippen LogP contribution in [0.1, 0.15) is 105 Å². The molecule has 2 aliphatic heterocycles. The second kappa shape index (κ2) is 16.0. The minimum Gasteiger partial charge on any atom is -0.508 e. The lowest BCUT2D eigenvalue weighted by Crippen LogP contribution is -2.23. The number of benzene rings is 4. The molecular weight excluding hydrogens is 745 g/mol. The first-order valence-corrected chi connectivity index (χ1v) is 19.8. The lowest BCUT2D eigenvalue weighted by molar-refractivity contribution is 0.138. The fourth-order valence-electron chi connectivity index (χ4n) is 7.91. The van der Waals surface area contributed by atoms with E-state index in [0.29, 0.717) is 63.1 Å². The number of hydrogen-bond donors (Lipinski definition) is 6. The summed E-state index contributed by atoms with van der Waals surface area (Å²) < 4.78 is 19.7. The van der Waals surface area contributed by atoms with Crippen LogP contribution in [0.15, 0.2) is 94.0 Å². The third-order valence-corrected chi connectivity index (χ3v) is 11.2. The maximum absolute atomic E-state index is 12.3. The average molecular weight is 797 g/mol. The zero-order valence-electron chi connectivity index (χ0n) is 34.7. The zero-order valence-corrected chi connectivity index (χ0v) is 34.7. The molecule has 0 unspecified atom stereocenters. The van der Waals surface area contributed by atoms with Gasteiger partial charge < -0.3 is 44.5 Å². The molecule has 0 fully saturated rings. The van der Waals surface area contributed by atoms with Crippen molar-refractivity contribution >= 4 is 17.0 Å². The Bertz CT molecular complexity index is 2640. The quantitative estimate of drug-likeness (QED) is 0.0435. The van der Waals surface area contributed by atoms with E-state index in [4.69, 9.17) is 13.9 Å². The van der Waals surface area contributed by atoms with Gasteiger partial charge in [0.25, 0.3) is 0 Å². The Morgan fingerprint density at radius 2 is 1.34 bits per heavy atom. The minimum absolute atomic E-state index is 0.0317. The predicted molar refractivity (Wildman–Crippen MR) is 232 cm³/mol. The summed E-state index contributed by atoms with van der Waals surface area (Å²) in [4.78, 5) is 0. The van der Waals surface area contributed by atoms with E-state index in [0.717, 1.165) is 39.0 Å². The number of ether oxygens (including phenoxy) is 2. The molecule has 306 valence electrons. The fourth-order valence-corrected chi connectivity index (χ4v) is 7.91. The molecular formula is C50H52O9. The van der Waals surface area contributed by atoms with Crippen molar-refractivity contribution in [2.75, 3.05) is 6.61 Å². The topological polar surface area (TPSA) is 153 Å². The summed E-state index contributed by atoms with van der Waals surface area (Å²) in [6.45, 7) is 17.8. The SMILES string of the molecule is C=C/C(C)=C/c1cc(-c2oc3c(CC=C(C)C)c(O)c(O)cc3c2Cc2cc3c(c(CC=C(C)C)c2O)O[C@H]2c4cc(CC=C(C)C)c(O)cc4OC[C@@H]32)c(O)cc1O. The van der Waals surface area contributed by atoms with Gasteiger partial charge in [0.05, 0.1) is 18.1 Å². The van der Waals surface area contributed by atoms with E-state index in [1.54, 1.807) is 24.3 Å². The maximum atomic E-state index is 12.3. The van der Waals surface area contributed by atoms with Gasteiger partial charge in [0.1, 0.15) is 51.9 Å². The fraction of sp³-hybridized carbons (Fsp3) is 0.280. The molecule has 2 atom stereocenters. The van der Waals surface area contributed by atoms with Crippen molar-refractivity contribution in [2.45, 2.75) is 86.2 Å². The molecule has 0 bridgehead atoms. The third kappa shape index (κ3) is 7.77. The first-order chi connectivity index (χ1) is 28.1. The predicted octanol–water partition coefficient (Wildman–Crippen LogP) is 11.6. The Labute approximate surface area is 344 Å². The van der Waals surface area contributed by atoms with Gasteiger partial charge in [0.2, 0.25) is 0 Å². The van der Waals surface area contributed by atoms with E-state index in [9.17, 15) is 30.6 Å². The molecule has 9 nitrogen and oxygen atoms in total. The smallest absolute Gasteiger partial charge is 0.164 e. The highest BCUT2D eigenvalue weighted by molar-refractivity contribution is 5.95. The van der Waals surface area contributed by atoms with E-state index in [-0.39, 0.29) is 71.2 Å². The largest absolute Gasteiger partial charge is 0.508 e. The highest BCUT2D eigenvalue weighted by Gasteiger charge is 2.43. The third-order valence-electron chi connectivity index (χ3n) is 11.2. The lowest BCUT2D eigenvalue weighted by Gasteiger charge is -2.28. The maximum Gasteiger partial charge on any atom is 0.164 e. The average Bonchev–Trinajstić information content (AvgIpc) is 3.72. The molecule has 0 saturated heterocycles. The van der Waals surface area contributed by atoms with Gasteiger partial charge in [0, 0.05) is 57.3 Å². The molecule has 3 heterocycles. The number of furan rings is 1. The van der Waals surface area contributed by atoms with E-state index < -0.39 is 6.10 Å². The van der Waals surface area contributed by atoms with E-state index in [1.165, 1.54) is 12.1 Å². The highest BCUT2D eigenvalue weighted by Crippen LogP contribution is 2.56. The first kappa shape index (κ1) is 40.7. The van der Waals surface area contributed by atoms with Crippen molar-refractivity contribution in [3.05, 3.63) is 134 Å². The summed E-state index contributed by atoms with van der Waals surface area (Å²) >= 11 is 0. The van der Waals surface area contributed by atoms with E-state index in [2.05, 4.69) is 12.7 Å². The van der Waals surface area contributed by atoms with Crippen LogP contribution in [0.4, 0.5) is 0 Å². The van der Waals surface area contributed by atoms with Crippen LogP contribution >= 0.6 is 0 Å². The van der Waals surface area contributed by atoms with Gasteiger partial charge in [0.15, 0.2) is 11.5 Å². The summed E-state index contributed by atoms with van der Waals surface area (Å²) in [5, 5.41) is 68.2. The van der Waals surface area contributed by atoms with Gasteiger partial charge in [-0.2, -0.15) is 0 Å². The van der Waals surface area contributed by atoms with Crippen molar-refractivity contribution < 1.29 is 44.5 Å². The van der Waals surface area contributed by atoms with Gasteiger partial charge in [-0.05, 0) is 109 Å². The van der Waals surface area contributed by atoms with Crippen LogP contribution in [0.5, 0.6) is 46.0 Å². The Hall–Kier alpha value is -6.48. The number of allylic oxidation sites excluding steroid dienone is 8. The Balaban J connectivity index is 1.44. The van der Waals surface area contributed by atoms with Gasteiger partial charge in [-0.15, -0.1) is 0 Å². The number of phenolic OH excluding ortho intramolecular Hbond substituents is 6. The molecule has 0 amide bonds. The molecule has 6 N–H and O–H groups in total. The van der Waals surface area contributed by atoms with Crippen molar-refractivity contribution in [2.24, 2.45) is 0 Å². The Kier molecular flexibility index (Phi) is 11.1. The highest BCUT2D eigenvalue weighted by atomic mass is 16.5. The molecule has 2 aliphatic rings. The van der Waals surface area contributed by atoms with Crippen molar-refractivity contribution in [1.29, 1.82) is 0 Å². The number of rotatable bonds is 11. The van der Waals surface area contributed by atoms with Gasteiger partial charge in [-0.3, -0.25) is 0 Å². The summed E-state index contributed by atoms with van der Waals surface area (Å²) in [5.41, 5.74) is 9.48. The van der Waals surface area contributed by atoms with Gasteiger partial charge >= 0.3 is 0 Å². The molecule has 1 aromatic heterocycles. The zero-order chi connectivity index (χ0) is 42.4. The summed E-state index contributed by atoms with van der Waals surface area (Å²) in [6, 6.07) is 9.86. The number of hydrogen-bond acceptors (Lipinski definition) is 9. The molecule has 9 heteroatoms. The number of fused-ring (bicyclic) bond motifs is 6. The molecule has 0 saturated carbocycles. The minimum atomic E-state index is -0.428. The van der Waals surface area contributed by atoms with Crippen molar-refractivity contribution in [3.8, 4) is 57.3 Å². The van der Waals surface area contributed by atoms with E-state index in [1.807, 2.05) is 72.8 Å². The lowest BCUT2D eigenvalue weighted by atomic mass is 9.85. The molecule has 0 radical (unpaired) electrons. The van der Waals surface area contributed by atoms with Crippen LogP contribution in [0.3, 0.4) is 0 Å².